The number of rotatable bonds is 6. The predicted octanol–water partition coefficient (Wildman–Crippen LogP) is 2.88. The van der Waals surface area contributed by atoms with Crippen LogP contribution in [0.15, 0.2) is 51.9 Å². The lowest BCUT2D eigenvalue weighted by Gasteiger charge is -2.01. The van der Waals surface area contributed by atoms with Gasteiger partial charge in [0, 0.05) is 25.2 Å². The van der Waals surface area contributed by atoms with E-state index >= 15 is 0 Å². The molecular formula is C17H14ClN5O3. The van der Waals surface area contributed by atoms with Gasteiger partial charge in [0.15, 0.2) is 5.76 Å². The van der Waals surface area contributed by atoms with Crippen molar-refractivity contribution in [1.29, 1.82) is 0 Å². The van der Waals surface area contributed by atoms with Crippen molar-refractivity contribution in [2.45, 2.75) is 19.4 Å². The molecule has 9 heteroatoms. The van der Waals surface area contributed by atoms with E-state index in [-0.39, 0.29) is 12.3 Å². The van der Waals surface area contributed by atoms with Crippen LogP contribution in [0.2, 0.25) is 5.02 Å². The number of pyridine rings is 1. The second kappa shape index (κ2) is 7.01. The third-order valence-corrected chi connectivity index (χ3v) is 3.93. The number of aromatic nitrogens is 4. The molecule has 0 saturated carbocycles. The lowest BCUT2D eigenvalue weighted by atomic mass is 10.3. The minimum Gasteiger partial charge on any atom is -0.461 e. The van der Waals surface area contributed by atoms with Crippen molar-refractivity contribution in [3.8, 4) is 11.6 Å². The lowest BCUT2D eigenvalue weighted by molar-refractivity contribution is -0.121. The quantitative estimate of drug-likeness (QED) is 0.559. The van der Waals surface area contributed by atoms with Gasteiger partial charge in [-0.2, -0.15) is 4.98 Å². The minimum absolute atomic E-state index is 0.127. The van der Waals surface area contributed by atoms with Gasteiger partial charge < -0.3 is 18.7 Å². The van der Waals surface area contributed by atoms with Gasteiger partial charge >= 0.3 is 0 Å². The second-order valence-corrected chi connectivity index (χ2v) is 6.05. The number of carbonyl (C=O) groups excluding carboxylic acids is 1. The Morgan fingerprint density at radius 2 is 2.15 bits per heavy atom. The molecule has 0 aromatic carbocycles. The highest BCUT2D eigenvalue weighted by Crippen LogP contribution is 2.16. The molecule has 4 rings (SSSR count). The predicted molar refractivity (Wildman–Crippen MR) is 92.4 cm³/mol. The summed E-state index contributed by atoms with van der Waals surface area (Å²) in [5.74, 6) is 1.15. The van der Waals surface area contributed by atoms with E-state index in [1.807, 2.05) is 16.7 Å². The summed E-state index contributed by atoms with van der Waals surface area (Å²) in [7, 11) is 0. The van der Waals surface area contributed by atoms with Gasteiger partial charge in [0.05, 0.1) is 23.5 Å². The largest absolute Gasteiger partial charge is 0.461 e. The maximum absolute atomic E-state index is 12.0. The van der Waals surface area contributed by atoms with Crippen LogP contribution >= 0.6 is 11.6 Å². The zero-order chi connectivity index (χ0) is 17.9. The first-order chi connectivity index (χ1) is 12.7. The molecule has 4 aromatic rings. The van der Waals surface area contributed by atoms with Crippen LogP contribution in [-0.4, -0.2) is 25.4 Å². The molecule has 0 unspecified atom stereocenters. The molecule has 0 aliphatic rings. The molecule has 0 fully saturated rings. The third-order valence-electron chi connectivity index (χ3n) is 3.71. The molecule has 132 valence electrons. The number of hydrogen-bond acceptors (Lipinski definition) is 6. The van der Waals surface area contributed by atoms with E-state index in [0.717, 1.165) is 11.3 Å². The summed E-state index contributed by atoms with van der Waals surface area (Å²) in [6, 6.07) is 7.07. The van der Waals surface area contributed by atoms with E-state index in [1.54, 1.807) is 24.4 Å². The van der Waals surface area contributed by atoms with Crippen molar-refractivity contribution in [3.63, 3.8) is 0 Å². The highest BCUT2D eigenvalue weighted by Gasteiger charge is 2.12. The summed E-state index contributed by atoms with van der Waals surface area (Å²) in [5, 5.41) is 7.27. The Hall–Kier alpha value is -3.13. The third kappa shape index (κ3) is 3.60. The monoisotopic (exact) mass is 371 g/mol. The van der Waals surface area contributed by atoms with Gasteiger partial charge in [0.1, 0.15) is 5.65 Å². The number of amides is 1. The highest BCUT2D eigenvalue weighted by molar-refractivity contribution is 6.30. The van der Waals surface area contributed by atoms with Gasteiger partial charge in [-0.05, 0) is 24.3 Å². The Morgan fingerprint density at radius 1 is 1.23 bits per heavy atom. The first-order valence-electron chi connectivity index (χ1n) is 7.94. The lowest BCUT2D eigenvalue weighted by Crippen LogP contribution is -2.23. The normalized spacial score (nSPS) is 11.1. The average Bonchev–Trinajstić information content (AvgIpc) is 3.36. The fraction of sp³-hybridized carbons (Fsp3) is 0.176. The molecule has 0 aliphatic heterocycles. The molecule has 0 spiro atoms. The SMILES string of the molecule is O=C(CCc1nc(-c2ccco2)no1)NCc1cn2cc(Cl)ccc2n1. The van der Waals surface area contributed by atoms with E-state index in [0.29, 0.717) is 35.5 Å². The molecular weight excluding hydrogens is 358 g/mol. The maximum Gasteiger partial charge on any atom is 0.238 e. The number of furan rings is 1. The number of nitrogens with one attached hydrogen (secondary N) is 1. The Morgan fingerprint density at radius 3 is 3.00 bits per heavy atom. The van der Waals surface area contributed by atoms with Crippen LogP contribution < -0.4 is 5.32 Å². The zero-order valence-electron chi connectivity index (χ0n) is 13.6. The summed E-state index contributed by atoms with van der Waals surface area (Å²) >= 11 is 5.95. The fourth-order valence-electron chi connectivity index (χ4n) is 2.46. The summed E-state index contributed by atoms with van der Waals surface area (Å²) < 4.78 is 12.1. The van der Waals surface area contributed by atoms with Crippen LogP contribution in [0.25, 0.3) is 17.2 Å². The average molecular weight is 372 g/mol. The second-order valence-electron chi connectivity index (χ2n) is 5.61. The molecule has 4 aromatic heterocycles. The van der Waals surface area contributed by atoms with Gasteiger partial charge in [-0.1, -0.05) is 16.8 Å². The molecule has 0 saturated heterocycles. The van der Waals surface area contributed by atoms with E-state index in [4.69, 9.17) is 20.5 Å². The van der Waals surface area contributed by atoms with E-state index in [2.05, 4.69) is 20.4 Å². The molecule has 0 aliphatic carbocycles. The molecule has 0 radical (unpaired) electrons. The first-order valence-corrected chi connectivity index (χ1v) is 8.31. The van der Waals surface area contributed by atoms with Crippen molar-refractivity contribution in [1.82, 2.24) is 24.8 Å². The van der Waals surface area contributed by atoms with E-state index < -0.39 is 0 Å². The van der Waals surface area contributed by atoms with Crippen molar-refractivity contribution in [3.05, 3.63) is 59.5 Å². The Balaban J connectivity index is 1.30. The number of fused-ring (bicyclic) bond motifs is 1. The molecule has 1 N–H and O–H groups in total. The number of aryl methyl sites for hydroxylation is 1. The Kier molecular flexibility index (Phi) is 4.40. The molecule has 0 bridgehead atoms. The highest BCUT2D eigenvalue weighted by atomic mass is 35.5. The topological polar surface area (TPSA) is 98.5 Å². The van der Waals surface area contributed by atoms with E-state index in [1.165, 1.54) is 6.26 Å². The van der Waals surface area contributed by atoms with Gasteiger partial charge in [-0.25, -0.2) is 4.98 Å². The minimum atomic E-state index is -0.127. The molecule has 26 heavy (non-hydrogen) atoms. The van der Waals surface area contributed by atoms with Crippen LogP contribution in [0.4, 0.5) is 0 Å². The Bertz CT molecular complexity index is 1040. The summed E-state index contributed by atoms with van der Waals surface area (Å²) in [4.78, 5) is 20.6. The number of halogens is 1. The fourth-order valence-corrected chi connectivity index (χ4v) is 2.63. The van der Waals surface area contributed by atoms with Gasteiger partial charge in [0.2, 0.25) is 17.6 Å². The molecule has 1 amide bonds. The summed E-state index contributed by atoms with van der Waals surface area (Å²) in [6.07, 6.45) is 5.71. The van der Waals surface area contributed by atoms with Gasteiger partial charge in [-0.3, -0.25) is 4.79 Å². The number of nitrogens with zero attached hydrogens (tertiary/aromatic N) is 4. The van der Waals surface area contributed by atoms with Crippen LogP contribution in [0.1, 0.15) is 18.0 Å². The van der Waals surface area contributed by atoms with Crippen molar-refractivity contribution >= 4 is 23.2 Å². The number of imidazole rings is 1. The van der Waals surface area contributed by atoms with Crippen molar-refractivity contribution in [2.24, 2.45) is 0 Å². The molecule has 0 atom stereocenters. The van der Waals surface area contributed by atoms with Crippen LogP contribution in [0, 0.1) is 0 Å². The van der Waals surface area contributed by atoms with Gasteiger partial charge in [-0.15, -0.1) is 0 Å². The van der Waals surface area contributed by atoms with E-state index in [9.17, 15) is 4.79 Å². The first kappa shape index (κ1) is 16.3. The van der Waals surface area contributed by atoms with Crippen LogP contribution in [0.3, 0.4) is 0 Å². The van der Waals surface area contributed by atoms with Crippen LogP contribution in [-0.2, 0) is 17.8 Å². The zero-order valence-corrected chi connectivity index (χ0v) is 14.3. The maximum atomic E-state index is 12.0. The standard InChI is InChI=1S/C17H14ClN5O3/c18-11-3-4-14-20-12(10-23(14)9-11)8-19-15(24)5-6-16-21-17(22-26-16)13-2-1-7-25-13/h1-4,7,9-10H,5-6,8H2,(H,19,24). The molecule has 8 nitrogen and oxygen atoms in total. The Labute approximate surface area is 152 Å². The summed E-state index contributed by atoms with van der Waals surface area (Å²) in [6.45, 7) is 0.333. The smallest absolute Gasteiger partial charge is 0.238 e. The summed E-state index contributed by atoms with van der Waals surface area (Å²) in [5.41, 5.74) is 1.52. The van der Waals surface area contributed by atoms with Crippen LogP contribution in [0.5, 0.6) is 0 Å². The number of hydrogen-bond donors (Lipinski definition) is 1. The van der Waals surface area contributed by atoms with Gasteiger partial charge in [0.25, 0.3) is 0 Å². The number of carbonyl (C=O) groups is 1. The van der Waals surface area contributed by atoms with Crippen molar-refractivity contribution in [2.75, 3.05) is 0 Å². The molecule has 4 heterocycles. The van der Waals surface area contributed by atoms with Crippen molar-refractivity contribution < 1.29 is 13.7 Å².